The van der Waals surface area contributed by atoms with Crippen molar-refractivity contribution in [3.8, 4) is 11.5 Å². The van der Waals surface area contributed by atoms with Gasteiger partial charge < -0.3 is 14.2 Å². The summed E-state index contributed by atoms with van der Waals surface area (Å²) in [5, 5.41) is 13.4. The molecule has 2 aromatic rings. The lowest BCUT2D eigenvalue weighted by Crippen LogP contribution is -2.17. The molecule has 1 saturated carbocycles. The number of imidazole rings is 1. The van der Waals surface area contributed by atoms with Gasteiger partial charge in [0.05, 0.1) is 24.4 Å². The summed E-state index contributed by atoms with van der Waals surface area (Å²) in [5.41, 5.74) is 0.752. The Balaban J connectivity index is 1.88. The maximum absolute atomic E-state index is 11.4. The summed E-state index contributed by atoms with van der Waals surface area (Å²) in [4.78, 5) is 19.8. The number of rotatable bonds is 4. The molecule has 3 unspecified atom stereocenters. The number of aryl methyl sites for hydroxylation is 1. The largest absolute Gasteiger partial charge is 0.481 e. The molecule has 21 heavy (non-hydrogen) atoms. The molecule has 0 aromatic carbocycles. The number of hydrogen-bond acceptors (Lipinski definition) is 5. The number of carbonyl (C=O) groups is 1. The molecule has 1 fully saturated rings. The number of carboxylic acid groups (broad SMARTS) is 1. The van der Waals surface area contributed by atoms with Crippen LogP contribution in [0.2, 0.25) is 0 Å². The fraction of sp³-hybridized carbons (Fsp3) is 0.571. The molecule has 3 atom stereocenters. The van der Waals surface area contributed by atoms with E-state index < -0.39 is 11.9 Å². The Bertz CT molecular complexity index is 648. The van der Waals surface area contributed by atoms with Gasteiger partial charge in [-0.05, 0) is 18.8 Å². The fourth-order valence-corrected chi connectivity index (χ4v) is 3.08. The molecular weight excluding hydrogens is 272 g/mol. The van der Waals surface area contributed by atoms with Gasteiger partial charge in [-0.15, -0.1) is 0 Å². The molecule has 0 saturated heterocycles. The van der Waals surface area contributed by atoms with Crippen molar-refractivity contribution >= 4 is 5.97 Å². The van der Waals surface area contributed by atoms with Gasteiger partial charge in [-0.2, -0.15) is 4.98 Å². The monoisotopic (exact) mass is 290 g/mol. The van der Waals surface area contributed by atoms with E-state index in [1.165, 1.54) is 0 Å². The minimum Gasteiger partial charge on any atom is -0.481 e. The molecule has 7 nitrogen and oxygen atoms in total. The minimum absolute atomic E-state index is 0.193. The first-order valence-electron chi connectivity index (χ1n) is 7.13. The van der Waals surface area contributed by atoms with Gasteiger partial charge in [0.2, 0.25) is 11.7 Å². The Morgan fingerprint density at radius 1 is 1.52 bits per heavy atom. The fourth-order valence-electron chi connectivity index (χ4n) is 3.08. The van der Waals surface area contributed by atoms with Gasteiger partial charge in [0.25, 0.3) is 0 Å². The Labute approximate surface area is 122 Å². The molecule has 1 aliphatic rings. The summed E-state index contributed by atoms with van der Waals surface area (Å²) in [6.07, 6.45) is 5.77. The summed E-state index contributed by atoms with van der Waals surface area (Å²) in [5.74, 6) is -0.125. The molecule has 1 aliphatic carbocycles. The Kier molecular flexibility index (Phi) is 3.48. The predicted octanol–water partition coefficient (Wildman–Crippen LogP) is 2.07. The molecule has 7 heteroatoms. The Hall–Kier alpha value is -2.18. The van der Waals surface area contributed by atoms with Crippen LogP contribution in [0, 0.1) is 11.8 Å². The van der Waals surface area contributed by atoms with E-state index in [4.69, 9.17) is 4.52 Å². The zero-order chi connectivity index (χ0) is 15.0. The Morgan fingerprint density at radius 2 is 2.33 bits per heavy atom. The van der Waals surface area contributed by atoms with E-state index in [0.29, 0.717) is 24.1 Å². The highest BCUT2D eigenvalue weighted by Crippen LogP contribution is 2.44. The molecule has 0 bridgehead atoms. The Morgan fingerprint density at radius 3 is 2.95 bits per heavy atom. The average Bonchev–Trinajstić information content (AvgIpc) is 3.15. The third-order valence-electron chi connectivity index (χ3n) is 4.36. The third kappa shape index (κ3) is 2.43. The SMILES string of the molecule is CCC1CC(C(=O)O)C(c2nc(-c3cncn3C)no2)C1. The van der Waals surface area contributed by atoms with Crippen molar-refractivity contribution in [1.82, 2.24) is 19.7 Å². The van der Waals surface area contributed by atoms with Crippen molar-refractivity contribution in [3.05, 3.63) is 18.4 Å². The highest BCUT2D eigenvalue weighted by atomic mass is 16.5. The lowest BCUT2D eigenvalue weighted by molar-refractivity contribution is -0.142. The highest BCUT2D eigenvalue weighted by molar-refractivity contribution is 5.71. The summed E-state index contributed by atoms with van der Waals surface area (Å²) in [6.45, 7) is 2.08. The van der Waals surface area contributed by atoms with E-state index in [9.17, 15) is 9.90 Å². The van der Waals surface area contributed by atoms with E-state index in [1.54, 1.807) is 17.1 Å². The lowest BCUT2D eigenvalue weighted by atomic mass is 9.96. The van der Waals surface area contributed by atoms with Gasteiger partial charge in [0.1, 0.15) is 5.69 Å². The number of carboxylic acids is 1. The molecule has 112 valence electrons. The van der Waals surface area contributed by atoms with Gasteiger partial charge in [0.15, 0.2) is 0 Å². The quantitative estimate of drug-likeness (QED) is 0.926. The molecule has 0 radical (unpaired) electrons. The van der Waals surface area contributed by atoms with E-state index >= 15 is 0 Å². The lowest BCUT2D eigenvalue weighted by Gasteiger charge is -2.09. The molecule has 2 heterocycles. The van der Waals surface area contributed by atoms with Crippen molar-refractivity contribution in [1.29, 1.82) is 0 Å². The van der Waals surface area contributed by atoms with Gasteiger partial charge in [0, 0.05) is 7.05 Å². The van der Waals surface area contributed by atoms with E-state index in [2.05, 4.69) is 22.0 Å². The average molecular weight is 290 g/mol. The van der Waals surface area contributed by atoms with Gasteiger partial charge in [-0.1, -0.05) is 18.5 Å². The first-order chi connectivity index (χ1) is 10.1. The second kappa shape index (κ2) is 5.31. The van der Waals surface area contributed by atoms with Crippen molar-refractivity contribution in [2.75, 3.05) is 0 Å². The molecule has 2 aromatic heterocycles. The third-order valence-corrected chi connectivity index (χ3v) is 4.36. The molecule has 0 aliphatic heterocycles. The van der Waals surface area contributed by atoms with Crippen LogP contribution in [0.5, 0.6) is 0 Å². The minimum atomic E-state index is -0.781. The van der Waals surface area contributed by atoms with Crippen LogP contribution >= 0.6 is 0 Å². The standard InChI is InChI=1S/C14H18N4O3/c1-3-8-4-9(10(5-8)14(19)20)13-16-12(17-21-13)11-6-15-7-18(11)2/h6-10H,3-5H2,1-2H3,(H,19,20). The molecular formula is C14H18N4O3. The van der Waals surface area contributed by atoms with Gasteiger partial charge in [-0.3, -0.25) is 4.79 Å². The van der Waals surface area contributed by atoms with Crippen LogP contribution in [0.3, 0.4) is 0 Å². The van der Waals surface area contributed by atoms with Crippen molar-refractivity contribution in [2.45, 2.75) is 32.1 Å². The van der Waals surface area contributed by atoms with Crippen molar-refractivity contribution in [3.63, 3.8) is 0 Å². The summed E-state index contributed by atoms with van der Waals surface area (Å²) >= 11 is 0. The van der Waals surface area contributed by atoms with Crippen molar-refractivity contribution in [2.24, 2.45) is 18.9 Å². The number of nitrogens with zero attached hydrogens (tertiary/aromatic N) is 4. The normalized spacial score (nSPS) is 25.3. The van der Waals surface area contributed by atoms with Crippen LogP contribution in [0.25, 0.3) is 11.5 Å². The molecule has 0 amide bonds. The summed E-state index contributed by atoms with van der Waals surface area (Å²) in [7, 11) is 1.85. The first-order valence-corrected chi connectivity index (χ1v) is 7.13. The van der Waals surface area contributed by atoms with E-state index in [-0.39, 0.29) is 5.92 Å². The van der Waals surface area contributed by atoms with E-state index in [0.717, 1.165) is 18.5 Å². The second-order valence-electron chi connectivity index (χ2n) is 5.64. The van der Waals surface area contributed by atoms with Crippen LogP contribution in [0.4, 0.5) is 0 Å². The van der Waals surface area contributed by atoms with Crippen molar-refractivity contribution < 1.29 is 14.4 Å². The van der Waals surface area contributed by atoms with Crippen LogP contribution in [-0.2, 0) is 11.8 Å². The molecule has 0 spiro atoms. The summed E-state index contributed by atoms with van der Waals surface area (Å²) in [6, 6.07) is 0. The zero-order valence-corrected chi connectivity index (χ0v) is 12.1. The smallest absolute Gasteiger partial charge is 0.307 e. The van der Waals surface area contributed by atoms with Crippen LogP contribution < -0.4 is 0 Å². The van der Waals surface area contributed by atoms with E-state index in [1.807, 2.05) is 7.05 Å². The number of aliphatic carboxylic acids is 1. The maximum Gasteiger partial charge on any atom is 0.307 e. The van der Waals surface area contributed by atoms with Gasteiger partial charge in [-0.25, -0.2) is 4.98 Å². The predicted molar refractivity (Wildman–Crippen MR) is 73.4 cm³/mol. The molecule has 1 N–H and O–H groups in total. The number of aromatic nitrogens is 4. The second-order valence-corrected chi connectivity index (χ2v) is 5.64. The van der Waals surface area contributed by atoms with Crippen LogP contribution in [-0.4, -0.2) is 30.8 Å². The number of hydrogen-bond donors (Lipinski definition) is 1. The summed E-state index contributed by atoms with van der Waals surface area (Å²) < 4.78 is 7.13. The maximum atomic E-state index is 11.4. The first kappa shape index (κ1) is 13.8. The van der Waals surface area contributed by atoms with Crippen LogP contribution in [0.1, 0.15) is 38.0 Å². The van der Waals surface area contributed by atoms with Gasteiger partial charge >= 0.3 is 5.97 Å². The van der Waals surface area contributed by atoms with Crippen LogP contribution in [0.15, 0.2) is 17.0 Å². The topological polar surface area (TPSA) is 94.0 Å². The zero-order valence-electron chi connectivity index (χ0n) is 12.1. The molecule has 3 rings (SSSR count). The highest BCUT2D eigenvalue weighted by Gasteiger charge is 2.42.